The Morgan fingerprint density at radius 2 is 1.71 bits per heavy atom. The summed E-state index contributed by atoms with van der Waals surface area (Å²) in [7, 11) is 0. The number of amides is 4. The predicted molar refractivity (Wildman–Crippen MR) is 116 cm³/mol. The van der Waals surface area contributed by atoms with Crippen molar-refractivity contribution in [2.45, 2.75) is 50.6 Å². The molecule has 4 fully saturated rings. The lowest BCUT2D eigenvalue weighted by molar-refractivity contribution is -0.144. The van der Waals surface area contributed by atoms with E-state index in [0.29, 0.717) is 48.9 Å². The monoisotopic (exact) mass is 424 g/mol. The highest BCUT2D eigenvalue weighted by Gasteiger charge is 2.45. The van der Waals surface area contributed by atoms with Crippen LogP contribution in [0.15, 0.2) is 30.3 Å². The van der Waals surface area contributed by atoms with E-state index in [4.69, 9.17) is 0 Å². The summed E-state index contributed by atoms with van der Waals surface area (Å²) in [5.74, 6) is 1.10. The molecule has 31 heavy (non-hydrogen) atoms. The Balaban J connectivity index is 1.14. The van der Waals surface area contributed by atoms with Crippen LogP contribution in [0.25, 0.3) is 0 Å². The molecule has 1 N–H and O–H groups in total. The minimum absolute atomic E-state index is 0.0409. The van der Waals surface area contributed by atoms with Gasteiger partial charge in [-0.15, -0.1) is 0 Å². The van der Waals surface area contributed by atoms with E-state index in [1.807, 2.05) is 40.1 Å². The third-order valence-corrected chi connectivity index (χ3v) is 7.59. The molecule has 4 saturated heterocycles. The van der Waals surface area contributed by atoms with Gasteiger partial charge in [-0.05, 0) is 56.1 Å². The number of hydrogen-bond donors (Lipinski definition) is 1. The average molecular weight is 425 g/mol. The van der Waals surface area contributed by atoms with Gasteiger partial charge in [0, 0.05) is 56.8 Å². The molecule has 0 aromatic heterocycles. The van der Waals surface area contributed by atoms with E-state index in [9.17, 15) is 14.4 Å². The normalized spacial score (nSPS) is 28.8. The maximum absolute atomic E-state index is 13.2. The quantitative estimate of drug-likeness (QED) is 0.792. The maximum Gasteiger partial charge on any atom is 0.320 e. The molecule has 7 nitrogen and oxygen atoms in total. The number of hydrogen-bond acceptors (Lipinski definition) is 3. The molecule has 4 aliphatic rings. The predicted octanol–water partition coefficient (Wildman–Crippen LogP) is 2.33. The van der Waals surface area contributed by atoms with Crippen molar-refractivity contribution in [2.75, 3.05) is 32.7 Å². The fourth-order valence-electron chi connectivity index (χ4n) is 6.04. The molecule has 4 aliphatic heterocycles. The summed E-state index contributed by atoms with van der Waals surface area (Å²) in [6.45, 7) is 3.71. The van der Waals surface area contributed by atoms with Crippen molar-refractivity contribution in [2.24, 2.45) is 11.8 Å². The van der Waals surface area contributed by atoms with Gasteiger partial charge >= 0.3 is 6.03 Å². The Kier molecular flexibility index (Phi) is 5.59. The highest BCUT2D eigenvalue weighted by atomic mass is 16.2. The standard InChI is InChI=1S/C24H32N4O3/c29-22-8-4-7-21-19-13-17(15-28(21)22)14-27(16-19)24(31)26-11-9-20(10-12-26)25-23(30)18-5-2-1-3-6-18/h1-3,5-6,17,19-21H,4,7-16H2,(H,25,30)/t17-,19-,21-/m1/s1. The largest absolute Gasteiger partial charge is 0.349 e. The van der Waals surface area contributed by atoms with Crippen molar-refractivity contribution in [1.29, 1.82) is 0 Å². The first-order chi connectivity index (χ1) is 15.1. The lowest BCUT2D eigenvalue weighted by Gasteiger charge is -2.53. The lowest BCUT2D eigenvalue weighted by atomic mass is 9.76. The van der Waals surface area contributed by atoms with E-state index >= 15 is 0 Å². The number of benzene rings is 1. The molecule has 7 heteroatoms. The molecule has 2 bridgehead atoms. The van der Waals surface area contributed by atoms with Crippen molar-refractivity contribution in [3.8, 4) is 0 Å². The van der Waals surface area contributed by atoms with Gasteiger partial charge in [-0.2, -0.15) is 0 Å². The summed E-state index contributed by atoms with van der Waals surface area (Å²) >= 11 is 0. The van der Waals surface area contributed by atoms with Crippen LogP contribution in [0, 0.1) is 11.8 Å². The second-order valence-corrected chi connectivity index (χ2v) is 9.66. The van der Waals surface area contributed by atoms with Gasteiger partial charge < -0.3 is 20.0 Å². The molecule has 0 radical (unpaired) electrons. The zero-order valence-corrected chi connectivity index (χ0v) is 18.0. The fraction of sp³-hybridized carbons (Fsp3) is 0.625. The van der Waals surface area contributed by atoms with Crippen LogP contribution in [0.2, 0.25) is 0 Å². The number of likely N-dealkylation sites (tertiary alicyclic amines) is 2. The first-order valence-corrected chi connectivity index (χ1v) is 11.8. The zero-order chi connectivity index (χ0) is 21.4. The molecular weight excluding hydrogens is 392 g/mol. The second-order valence-electron chi connectivity index (χ2n) is 9.66. The maximum atomic E-state index is 13.2. The lowest BCUT2D eigenvalue weighted by Crippen LogP contribution is -2.62. The van der Waals surface area contributed by atoms with E-state index in [1.54, 1.807) is 0 Å². The SMILES string of the molecule is O=C(NC1CCN(C(=O)N2C[C@H]3C[C@H](C2)[C@H]2CCCC(=O)N2C3)CC1)c1ccccc1. The highest BCUT2D eigenvalue weighted by molar-refractivity contribution is 5.94. The Morgan fingerprint density at radius 3 is 2.48 bits per heavy atom. The number of piperidine rings is 4. The Labute approximate surface area is 183 Å². The van der Waals surface area contributed by atoms with Crippen molar-refractivity contribution in [3.05, 3.63) is 35.9 Å². The number of fused-ring (bicyclic) bond motifs is 4. The van der Waals surface area contributed by atoms with Crippen LogP contribution in [0.4, 0.5) is 4.79 Å². The van der Waals surface area contributed by atoms with Crippen molar-refractivity contribution >= 4 is 17.8 Å². The molecule has 0 aliphatic carbocycles. The summed E-state index contributed by atoms with van der Waals surface area (Å²) < 4.78 is 0. The zero-order valence-electron chi connectivity index (χ0n) is 18.0. The van der Waals surface area contributed by atoms with Crippen molar-refractivity contribution in [3.63, 3.8) is 0 Å². The average Bonchev–Trinajstić information content (AvgIpc) is 2.80. The van der Waals surface area contributed by atoms with Crippen LogP contribution in [0.5, 0.6) is 0 Å². The second kappa shape index (κ2) is 8.52. The summed E-state index contributed by atoms with van der Waals surface area (Å²) in [5, 5.41) is 3.11. The summed E-state index contributed by atoms with van der Waals surface area (Å²) in [5.41, 5.74) is 0.677. The van der Waals surface area contributed by atoms with E-state index < -0.39 is 0 Å². The first kappa shape index (κ1) is 20.3. The van der Waals surface area contributed by atoms with Crippen LogP contribution < -0.4 is 5.32 Å². The smallest absolute Gasteiger partial charge is 0.320 e. The van der Waals surface area contributed by atoms with Gasteiger partial charge in [0.05, 0.1) is 0 Å². The van der Waals surface area contributed by atoms with Gasteiger partial charge in [-0.1, -0.05) is 18.2 Å². The van der Waals surface area contributed by atoms with E-state index in [2.05, 4.69) is 10.2 Å². The number of urea groups is 1. The van der Waals surface area contributed by atoms with Crippen molar-refractivity contribution in [1.82, 2.24) is 20.0 Å². The minimum Gasteiger partial charge on any atom is -0.349 e. The van der Waals surface area contributed by atoms with Gasteiger partial charge in [0.25, 0.3) is 5.91 Å². The summed E-state index contributed by atoms with van der Waals surface area (Å²) in [6, 6.07) is 9.85. The molecule has 0 spiro atoms. The molecule has 0 unspecified atom stereocenters. The topological polar surface area (TPSA) is 73.0 Å². The summed E-state index contributed by atoms with van der Waals surface area (Å²) in [4.78, 5) is 44.1. The molecule has 5 rings (SSSR count). The molecule has 4 amide bonds. The van der Waals surface area contributed by atoms with Crippen LogP contribution in [-0.2, 0) is 4.79 Å². The molecule has 166 valence electrons. The van der Waals surface area contributed by atoms with Crippen molar-refractivity contribution < 1.29 is 14.4 Å². The third kappa shape index (κ3) is 4.14. The summed E-state index contributed by atoms with van der Waals surface area (Å²) in [6.07, 6.45) is 5.47. The van der Waals surface area contributed by atoms with Crippen LogP contribution in [0.3, 0.4) is 0 Å². The molecule has 4 heterocycles. The molecular formula is C24H32N4O3. The minimum atomic E-state index is -0.0409. The van der Waals surface area contributed by atoms with Gasteiger partial charge in [0.1, 0.15) is 0 Å². The molecule has 1 aromatic carbocycles. The number of nitrogens with one attached hydrogen (secondary N) is 1. The number of carbonyl (C=O) groups excluding carboxylic acids is 3. The van der Waals surface area contributed by atoms with Gasteiger partial charge in [-0.3, -0.25) is 9.59 Å². The van der Waals surface area contributed by atoms with Gasteiger partial charge in [0.2, 0.25) is 5.91 Å². The molecule has 3 atom stereocenters. The van der Waals surface area contributed by atoms with Crippen LogP contribution in [-0.4, -0.2) is 77.4 Å². The van der Waals surface area contributed by atoms with E-state index in [-0.39, 0.29) is 18.0 Å². The van der Waals surface area contributed by atoms with E-state index in [1.165, 1.54) is 0 Å². The molecule has 0 saturated carbocycles. The Bertz CT molecular complexity index is 836. The number of rotatable bonds is 2. The highest BCUT2D eigenvalue weighted by Crippen LogP contribution is 2.38. The first-order valence-electron chi connectivity index (χ1n) is 11.8. The molecule has 1 aromatic rings. The van der Waals surface area contributed by atoms with Crippen LogP contribution in [0.1, 0.15) is 48.9 Å². The van der Waals surface area contributed by atoms with Gasteiger partial charge in [-0.25, -0.2) is 4.79 Å². The Morgan fingerprint density at radius 1 is 0.935 bits per heavy atom. The third-order valence-electron chi connectivity index (χ3n) is 7.59. The fourth-order valence-corrected chi connectivity index (χ4v) is 6.04. The van der Waals surface area contributed by atoms with E-state index in [0.717, 1.165) is 51.7 Å². The Hall–Kier alpha value is -2.57. The number of nitrogens with zero attached hydrogens (tertiary/aromatic N) is 3. The van der Waals surface area contributed by atoms with Gasteiger partial charge in [0.15, 0.2) is 0 Å². The number of carbonyl (C=O) groups is 3. The van der Waals surface area contributed by atoms with Crippen LogP contribution >= 0.6 is 0 Å².